The highest BCUT2D eigenvalue weighted by Crippen LogP contribution is 2.24. The monoisotopic (exact) mass is 507 g/mol. The average molecular weight is 507 g/mol. The lowest BCUT2D eigenvalue weighted by Crippen LogP contribution is -2.19. The summed E-state index contributed by atoms with van der Waals surface area (Å²) >= 11 is 1.99. The number of benzene rings is 2. The Kier molecular flexibility index (Phi) is 6.53. The van der Waals surface area contributed by atoms with Gasteiger partial charge in [0.2, 0.25) is 5.91 Å². The number of aromatic nitrogens is 1. The Balaban J connectivity index is 1.93. The smallest absolute Gasteiger partial charge is 0.259 e. The van der Waals surface area contributed by atoms with Crippen LogP contribution in [0.15, 0.2) is 54.9 Å². The first-order valence-electron chi connectivity index (χ1n) is 8.59. The summed E-state index contributed by atoms with van der Waals surface area (Å²) in [5.41, 5.74) is 1.05. The van der Waals surface area contributed by atoms with Gasteiger partial charge in [-0.15, -0.1) is 0 Å². The number of nitrogens with one attached hydrogen (secondary N) is 2. The van der Waals surface area contributed by atoms with Crippen molar-refractivity contribution < 1.29 is 18.4 Å². The lowest BCUT2D eigenvalue weighted by Gasteiger charge is -2.14. The van der Waals surface area contributed by atoms with Gasteiger partial charge in [0, 0.05) is 23.1 Å². The Bertz CT molecular complexity index is 1090. The van der Waals surface area contributed by atoms with E-state index in [4.69, 9.17) is 0 Å². The third kappa shape index (κ3) is 5.14. The Morgan fingerprint density at radius 2 is 1.66 bits per heavy atom. The molecule has 0 atom stereocenters. The van der Waals surface area contributed by atoms with Crippen molar-refractivity contribution in [2.45, 2.75) is 13.3 Å². The zero-order valence-corrected chi connectivity index (χ0v) is 17.5. The third-order valence-electron chi connectivity index (χ3n) is 4.09. The first-order valence-corrected chi connectivity index (χ1v) is 9.67. The van der Waals surface area contributed by atoms with E-state index >= 15 is 0 Å². The molecule has 3 aromatic rings. The molecule has 148 valence electrons. The Labute approximate surface area is 179 Å². The molecule has 2 N–H and O–H groups in total. The van der Waals surface area contributed by atoms with E-state index in [1.807, 2.05) is 22.6 Å². The fourth-order valence-electron chi connectivity index (χ4n) is 2.81. The van der Waals surface area contributed by atoms with Crippen LogP contribution in [0.25, 0.3) is 0 Å². The van der Waals surface area contributed by atoms with E-state index in [1.54, 1.807) is 36.4 Å². The van der Waals surface area contributed by atoms with Gasteiger partial charge >= 0.3 is 0 Å². The average Bonchev–Trinajstić information content (AvgIpc) is 2.65. The summed E-state index contributed by atoms with van der Waals surface area (Å²) in [5, 5.41) is 5.21. The van der Waals surface area contributed by atoms with Crippen molar-refractivity contribution in [2.75, 3.05) is 10.6 Å². The molecule has 2 aromatic carbocycles. The Morgan fingerprint density at radius 1 is 0.966 bits per heavy atom. The zero-order chi connectivity index (χ0) is 21.0. The molecule has 2 amide bonds. The second-order valence-corrected chi connectivity index (χ2v) is 7.49. The highest BCUT2D eigenvalue weighted by atomic mass is 127. The topological polar surface area (TPSA) is 71.1 Å². The van der Waals surface area contributed by atoms with Crippen molar-refractivity contribution >= 4 is 45.8 Å². The number of pyridine rings is 1. The second-order valence-electron chi connectivity index (χ2n) is 6.25. The molecule has 0 aliphatic rings. The molecular formula is C21H16F2IN3O2. The number of rotatable bonds is 5. The van der Waals surface area contributed by atoms with Crippen LogP contribution in [0.4, 0.5) is 20.2 Å². The Hall–Kier alpha value is -2.88. The van der Waals surface area contributed by atoms with Crippen LogP contribution in [0.5, 0.6) is 0 Å². The van der Waals surface area contributed by atoms with E-state index < -0.39 is 17.5 Å². The van der Waals surface area contributed by atoms with Gasteiger partial charge in [-0.1, -0.05) is 18.2 Å². The molecule has 0 radical (unpaired) electrons. The molecule has 3 rings (SSSR count). The Morgan fingerprint density at radius 3 is 2.31 bits per heavy atom. The van der Waals surface area contributed by atoms with Crippen LogP contribution >= 0.6 is 22.6 Å². The third-order valence-corrected chi connectivity index (χ3v) is 4.76. The van der Waals surface area contributed by atoms with Gasteiger partial charge in [0.15, 0.2) is 5.82 Å². The van der Waals surface area contributed by atoms with Crippen LogP contribution in [-0.4, -0.2) is 16.8 Å². The van der Waals surface area contributed by atoms with Gasteiger partial charge in [-0.2, -0.15) is 0 Å². The summed E-state index contributed by atoms with van der Waals surface area (Å²) in [6.45, 7) is 1.34. The number of nitrogens with zero attached hydrogens (tertiary/aromatic N) is 1. The first kappa shape index (κ1) is 20.8. The van der Waals surface area contributed by atoms with Gasteiger partial charge in [-0.05, 0) is 58.0 Å². The summed E-state index contributed by atoms with van der Waals surface area (Å²) in [4.78, 5) is 28.0. The number of hydrogen-bond donors (Lipinski definition) is 2. The van der Waals surface area contributed by atoms with Gasteiger partial charge in [0.05, 0.1) is 23.1 Å². The van der Waals surface area contributed by atoms with E-state index in [1.165, 1.54) is 19.2 Å². The molecule has 0 fully saturated rings. The predicted octanol–water partition coefficient (Wildman–Crippen LogP) is 4.77. The van der Waals surface area contributed by atoms with Gasteiger partial charge < -0.3 is 10.6 Å². The molecule has 1 heterocycles. The molecule has 1 aromatic heterocycles. The largest absolute Gasteiger partial charge is 0.325 e. The maximum absolute atomic E-state index is 14.5. The first-order chi connectivity index (χ1) is 13.8. The molecule has 8 heteroatoms. The predicted molar refractivity (Wildman–Crippen MR) is 115 cm³/mol. The maximum atomic E-state index is 14.5. The molecule has 29 heavy (non-hydrogen) atoms. The molecule has 0 unspecified atom stereocenters. The van der Waals surface area contributed by atoms with E-state index in [-0.39, 0.29) is 23.5 Å². The molecule has 0 saturated heterocycles. The summed E-state index contributed by atoms with van der Waals surface area (Å²) in [7, 11) is 0. The van der Waals surface area contributed by atoms with Crippen LogP contribution in [0.1, 0.15) is 28.4 Å². The molecular weight excluding hydrogens is 491 g/mol. The number of amides is 2. The van der Waals surface area contributed by atoms with Gasteiger partial charge in [0.25, 0.3) is 5.91 Å². The number of anilines is 2. The highest BCUT2D eigenvalue weighted by Gasteiger charge is 2.20. The summed E-state index contributed by atoms with van der Waals surface area (Å²) in [6.07, 6.45) is 2.28. The fourth-order valence-corrected chi connectivity index (χ4v) is 3.26. The number of para-hydroxylation sites is 2. The lowest BCUT2D eigenvalue weighted by atomic mass is 10.0. The molecule has 0 aliphatic heterocycles. The van der Waals surface area contributed by atoms with Gasteiger partial charge in [-0.25, -0.2) is 8.78 Å². The van der Waals surface area contributed by atoms with Crippen LogP contribution in [-0.2, 0) is 11.2 Å². The minimum Gasteiger partial charge on any atom is -0.325 e. The molecule has 5 nitrogen and oxygen atoms in total. The zero-order valence-electron chi connectivity index (χ0n) is 15.3. The maximum Gasteiger partial charge on any atom is 0.259 e. The van der Waals surface area contributed by atoms with Crippen LogP contribution in [0.2, 0.25) is 0 Å². The minimum atomic E-state index is -0.817. The number of carbonyl (C=O) groups excluding carboxylic acids is 2. The molecule has 0 spiro atoms. The highest BCUT2D eigenvalue weighted by molar-refractivity contribution is 14.1. The molecule has 0 saturated carbocycles. The van der Waals surface area contributed by atoms with Crippen molar-refractivity contribution in [3.63, 3.8) is 0 Å². The van der Waals surface area contributed by atoms with Crippen molar-refractivity contribution in [3.8, 4) is 0 Å². The molecule has 0 aliphatic carbocycles. The summed E-state index contributed by atoms with van der Waals surface area (Å²) < 4.78 is 29.5. The van der Waals surface area contributed by atoms with Crippen molar-refractivity contribution in [2.24, 2.45) is 0 Å². The quantitative estimate of drug-likeness (QED) is 0.490. The SMILES string of the molecule is CC(=O)Nc1ccccc1NC(=O)c1c(F)cncc1Cc1ccc(I)cc1F. The van der Waals surface area contributed by atoms with Gasteiger partial charge in [0.1, 0.15) is 5.82 Å². The summed E-state index contributed by atoms with van der Waals surface area (Å²) in [6, 6.07) is 11.3. The van der Waals surface area contributed by atoms with Crippen LogP contribution in [0, 0.1) is 15.2 Å². The standard InChI is InChI=1S/C21H16F2IN3O2/c1-12(28)26-18-4-2-3-5-19(18)27-21(29)20-14(10-25-11-17(20)23)8-13-6-7-15(24)9-16(13)22/h2-7,9-11H,8H2,1H3,(H,26,28)(H,27,29). The minimum absolute atomic E-state index is 0.00358. The lowest BCUT2D eigenvalue weighted by molar-refractivity contribution is -0.114. The second kappa shape index (κ2) is 9.08. The molecule has 0 bridgehead atoms. The number of carbonyl (C=O) groups is 2. The summed E-state index contributed by atoms with van der Waals surface area (Å²) in [5.74, 6) is -2.29. The van der Waals surface area contributed by atoms with E-state index in [9.17, 15) is 18.4 Å². The normalized spacial score (nSPS) is 10.5. The van der Waals surface area contributed by atoms with Crippen LogP contribution in [0.3, 0.4) is 0 Å². The van der Waals surface area contributed by atoms with E-state index in [0.717, 1.165) is 9.77 Å². The van der Waals surface area contributed by atoms with E-state index in [0.29, 0.717) is 16.9 Å². The number of hydrogen-bond acceptors (Lipinski definition) is 3. The number of halogens is 3. The van der Waals surface area contributed by atoms with Crippen molar-refractivity contribution in [3.05, 3.63) is 86.8 Å². The van der Waals surface area contributed by atoms with E-state index in [2.05, 4.69) is 15.6 Å². The van der Waals surface area contributed by atoms with Gasteiger partial charge in [-0.3, -0.25) is 14.6 Å². The van der Waals surface area contributed by atoms with Crippen LogP contribution < -0.4 is 10.6 Å². The fraction of sp³-hybridized carbons (Fsp3) is 0.0952. The van der Waals surface area contributed by atoms with Crippen molar-refractivity contribution in [1.29, 1.82) is 0 Å². The van der Waals surface area contributed by atoms with Crippen molar-refractivity contribution in [1.82, 2.24) is 4.98 Å².